The summed E-state index contributed by atoms with van der Waals surface area (Å²) in [7, 11) is 0. The molecule has 1 aromatic heterocycles. The molecule has 7 nitrogen and oxygen atoms in total. The number of hydrogen-bond acceptors (Lipinski definition) is 6. The molecule has 0 bridgehead atoms. The Balaban J connectivity index is 1.86. The highest BCUT2D eigenvalue weighted by molar-refractivity contribution is 6.28. The van der Waals surface area contributed by atoms with E-state index < -0.39 is 0 Å². The second kappa shape index (κ2) is 4.93. The summed E-state index contributed by atoms with van der Waals surface area (Å²) in [5, 5.41) is 2.76. The molecule has 1 amide bonds. The predicted octanol–water partition coefficient (Wildman–Crippen LogP) is 1.78. The van der Waals surface area contributed by atoms with Gasteiger partial charge in [0.25, 0.3) is 0 Å². The van der Waals surface area contributed by atoms with Crippen LogP contribution in [0.3, 0.4) is 0 Å². The fraction of sp³-hybridized carbons (Fsp3) is 0.167. The molecule has 0 spiro atoms. The molecule has 3 N–H and O–H groups in total. The van der Waals surface area contributed by atoms with Crippen LogP contribution in [0.25, 0.3) is 0 Å². The van der Waals surface area contributed by atoms with Crippen LogP contribution in [-0.4, -0.2) is 20.9 Å². The van der Waals surface area contributed by atoms with Crippen molar-refractivity contribution in [2.75, 3.05) is 11.1 Å². The van der Waals surface area contributed by atoms with Gasteiger partial charge in [-0.1, -0.05) is 0 Å². The number of hydrogen-bond donors (Lipinski definition) is 2. The average Bonchev–Trinajstić information content (AvgIpc) is 2.38. The van der Waals surface area contributed by atoms with Crippen LogP contribution in [0, 0.1) is 0 Å². The number of anilines is 2. The van der Waals surface area contributed by atoms with Crippen LogP contribution in [0.1, 0.15) is 12.0 Å². The van der Waals surface area contributed by atoms with Crippen molar-refractivity contribution in [1.82, 2.24) is 15.0 Å². The first kappa shape index (κ1) is 12.6. The Morgan fingerprint density at radius 3 is 2.90 bits per heavy atom. The van der Waals surface area contributed by atoms with Gasteiger partial charge in [0, 0.05) is 12.1 Å². The lowest BCUT2D eigenvalue weighted by molar-refractivity contribution is -0.116. The number of nitrogens with zero attached hydrogens (tertiary/aromatic N) is 3. The number of nitrogens with two attached hydrogens (primary N) is 1. The predicted molar refractivity (Wildman–Crippen MR) is 72.7 cm³/mol. The van der Waals surface area contributed by atoms with E-state index in [2.05, 4.69) is 20.3 Å². The quantitative estimate of drug-likeness (QED) is 0.874. The van der Waals surface area contributed by atoms with Crippen molar-refractivity contribution in [2.45, 2.75) is 12.8 Å². The molecular weight excluding hydrogens is 282 g/mol. The SMILES string of the molecule is Nc1nc(Cl)nc(Oc2ccc3c(c2)CCC(=O)N3)n1. The van der Waals surface area contributed by atoms with E-state index in [-0.39, 0.29) is 23.1 Å². The largest absolute Gasteiger partial charge is 0.424 e. The number of fused-ring (bicyclic) bond motifs is 1. The smallest absolute Gasteiger partial charge is 0.328 e. The van der Waals surface area contributed by atoms with Crippen molar-refractivity contribution >= 4 is 29.1 Å². The standard InChI is InChI=1S/C12H10ClN5O2/c13-10-16-11(14)18-12(17-10)20-7-2-3-8-6(5-7)1-4-9(19)15-8/h2-3,5H,1,4H2,(H,15,19)(H2,14,16,17,18). The number of ether oxygens (including phenoxy) is 1. The normalized spacial score (nSPS) is 13.6. The number of rotatable bonds is 2. The summed E-state index contributed by atoms with van der Waals surface area (Å²) in [4.78, 5) is 22.6. The van der Waals surface area contributed by atoms with Gasteiger partial charge in [0.1, 0.15) is 5.75 Å². The fourth-order valence-electron chi connectivity index (χ4n) is 1.92. The molecule has 0 aliphatic carbocycles. The zero-order valence-electron chi connectivity index (χ0n) is 10.3. The van der Waals surface area contributed by atoms with Crippen molar-refractivity contribution in [3.8, 4) is 11.8 Å². The zero-order valence-corrected chi connectivity index (χ0v) is 11.0. The second-order valence-corrected chi connectivity index (χ2v) is 4.55. The molecule has 0 unspecified atom stereocenters. The van der Waals surface area contributed by atoms with Crippen LogP contribution in [0.15, 0.2) is 18.2 Å². The minimum absolute atomic E-state index is 0.00905. The van der Waals surface area contributed by atoms with Crippen molar-refractivity contribution in [2.24, 2.45) is 0 Å². The minimum Gasteiger partial charge on any atom is -0.424 e. The van der Waals surface area contributed by atoms with Crippen LogP contribution in [0.5, 0.6) is 11.8 Å². The molecule has 2 aromatic rings. The van der Waals surface area contributed by atoms with E-state index in [1.165, 1.54) is 0 Å². The van der Waals surface area contributed by atoms with Crippen molar-refractivity contribution in [3.05, 3.63) is 29.0 Å². The van der Waals surface area contributed by atoms with Crippen LogP contribution >= 0.6 is 11.6 Å². The molecule has 1 aromatic carbocycles. The number of halogens is 1. The molecule has 1 aliphatic heterocycles. The maximum Gasteiger partial charge on any atom is 0.328 e. The van der Waals surface area contributed by atoms with Gasteiger partial charge >= 0.3 is 6.01 Å². The van der Waals surface area contributed by atoms with E-state index >= 15 is 0 Å². The number of amides is 1. The molecule has 0 saturated carbocycles. The average molecular weight is 292 g/mol. The summed E-state index contributed by atoms with van der Waals surface area (Å²) in [6.45, 7) is 0. The maximum absolute atomic E-state index is 11.3. The molecule has 0 fully saturated rings. The number of carbonyl (C=O) groups is 1. The number of carbonyl (C=O) groups excluding carboxylic acids is 1. The number of nitrogens with one attached hydrogen (secondary N) is 1. The zero-order chi connectivity index (χ0) is 14.1. The molecule has 0 radical (unpaired) electrons. The van der Waals surface area contributed by atoms with Gasteiger partial charge in [-0.15, -0.1) is 0 Å². The monoisotopic (exact) mass is 291 g/mol. The Morgan fingerprint density at radius 1 is 1.25 bits per heavy atom. The van der Waals surface area contributed by atoms with Gasteiger partial charge in [0.2, 0.25) is 17.1 Å². The van der Waals surface area contributed by atoms with E-state index in [0.29, 0.717) is 18.6 Å². The van der Waals surface area contributed by atoms with Crippen LogP contribution in [-0.2, 0) is 11.2 Å². The lowest BCUT2D eigenvalue weighted by Gasteiger charge is -2.17. The Kier molecular flexibility index (Phi) is 3.11. The first-order valence-electron chi connectivity index (χ1n) is 5.88. The minimum atomic E-state index is -0.0299. The number of aromatic nitrogens is 3. The van der Waals surface area contributed by atoms with Gasteiger partial charge in [0.15, 0.2) is 0 Å². The van der Waals surface area contributed by atoms with E-state index in [1.807, 2.05) is 6.07 Å². The summed E-state index contributed by atoms with van der Waals surface area (Å²) in [6.07, 6.45) is 1.12. The summed E-state index contributed by atoms with van der Waals surface area (Å²) in [5.74, 6) is 0.551. The molecule has 0 atom stereocenters. The summed E-state index contributed by atoms with van der Waals surface area (Å²) >= 11 is 5.68. The Morgan fingerprint density at radius 2 is 2.10 bits per heavy atom. The highest BCUT2D eigenvalue weighted by Gasteiger charge is 2.15. The highest BCUT2D eigenvalue weighted by Crippen LogP contribution is 2.28. The number of benzene rings is 1. The number of nitrogen functional groups attached to an aromatic ring is 1. The number of aryl methyl sites for hydroxylation is 1. The summed E-state index contributed by atoms with van der Waals surface area (Å²) < 4.78 is 5.49. The summed E-state index contributed by atoms with van der Waals surface area (Å²) in [6, 6.07) is 5.33. The van der Waals surface area contributed by atoms with Gasteiger partial charge in [-0.3, -0.25) is 4.79 Å². The van der Waals surface area contributed by atoms with Crippen LogP contribution in [0.4, 0.5) is 11.6 Å². The van der Waals surface area contributed by atoms with E-state index in [1.54, 1.807) is 12.1 Å². The van der Waals surface area contributed by atoms with E-state index in [9.17, 15) is 4.79 Å². The van der Waals surface area contributed by atoms with Crippen LogP contribution in [0.2, 0.25) is 5.28 Å². The lowest BCUT2D eigenvalue weighted by Crippen LogP contribution is -2.18. The highest BCUT2D eigenvalue weighted by atomic mass is 35.5. The molecule has 102 valence electrons. The van der Waals surface area contributed by atoms with Crippen LogP contribution < -0.4 is 15.8 Å². The molecule has 2 heterocycles. The molecule has 0 saturated heterocycles. The molecule has 8 heteroatoms. The first-order chi connectivity index (χ1) is 9.60. The molecule has 1 aliphatic rings. The van der Waals surface area contributed by atoms with Gasteiger partial charge in [-0.05, 0) is 41.8 Å². The Labute approximate surface area is 119 Å². The van der Waals surface area contributed by atoms with Gasteiger partial charge in [-0.25, -0.2) is 0 Å². The lowest BCUT2D eigenvalue weighted by atomic mass is 10.0. The summed E-state index contributed by atoms with van der Waals surface area (Å²) in [5.41, 5.74) is 7.25. The third kappa shape index (κ3) is 2.62. The Bertz CT molecular complexity index is 671. The van der Waals surface area contributed by atoms with Crippen molar-refractivity contribution in [1.29, 1.82) is 0 Å². The maximum atomic E-state index is 11.3. The van der Waals surface area contributed by atoms with E-state index in [4.69, 9.17) is 22.1 Å². The fourth-order valence-corrected chi connectivity index (χ4v) is 2.08. The molecule has 3 rings (SSSR count). The van der Waals surface area contributed by atoms with Gasteiger partial charge in [-0.2, -0.15) is 15.0 Å². The third-order valence-electron chi connectivity index (χ3n) is 2.79. The molecular formula is C12H10ClN5O2. The second-order valence-electron chi connectivity index (χ2n) is 4.21. The van der Waals surface area contributed by atoms with Gasteiger partial charge in [0.05, 0.1) is 0 Å². The molecule has 20 heavy (non-hydrogen) atoms. The first-order valence-corrected chi connectivity index (χ1v) is 6.25. The van der Waals surface area contributed by atoms with Crippen molar-refractivity contribution < 1.29 is 9.53 Å². The topological polar surface area (TPSA) is 103 Å². The van der Waals surface area contributed by atoms with Crippen molar-refractivity contribution in [3.63, 3.8) is 0 Å². The van der Waals surface area contributed by atoms with Gasteiger partial charge < -0.3 is 15.8 Å². The van der Waals surface area contributed by atoms with E-state index in [0.717, 1.165) is 11.3 Å². The Hall–Kier alpha value is -2.41. The third-order valence-corrected chi connectivity index (χ3v) is 2.96.